The van der Waals surface area contributed by atoms with Gasteiger partial charge in [0.1, 0.15) is 4.90 Å². The van der Waals surface area contributed by atoms with Crippen LogP contribution in [0.15, 0.2) is 17.3 Å². The van der Waals surface area contributed by atoms with Gasteiger partial charge in [0.2, 0.25) is 10.0 Å². The molecule has 20 heavy (non-hydrogen) atoms. The maximum atomic E-state index is 12.2. The molecule has 0 bridgehead atoms. The van der Waals surface area contributed by atoms with Crippen molar-refractivity contribution in [3.05, 3.63) is 12.4 Å². The molecule has 1 aliphatic rings. The second kappa shape index (κ2) is 6.24. The molecule has 1 aliphatic carbocycles. The fourth-order valence-electron chi connectivity index (χ4n) is 2.50. The third-order valence-electron chi connectivity index (χ3n) is 4.31. The summed E-state index contributed by atoms with van der Waals surface area (Å²) in [6, 6.07) is 0. The minimum atomic E-state index is -3.44. The summed E-state index contributed by atoms with van der Waals surface area (Å²) < 4.78 is 28.9. The van der Waals surface area contributed by atoms with Gasteiger partial charge in [-0.2, -0.15) is 5.10 Å². The lowest BCUT2D eigenvalue weighted by Crippen LogP contribution is -2.41. The molecular formula is C13H24N4O2S. The van der Waals surface area contributed by atoms with E-state index in [1.54, 1.807) is 10.9 Å². The molecule has 7 heteroatoms. The fourth-order valence-corrected chi connectivity index (χ4v) is 3.60. The maximum Gasteiger partial charge on any atom is 0.243 e. The Morgan fingerprint density at radius 3 is 2.75 bits per heavy atom. The van der Waals surface area contributed by atoms with Gasteiger partial charge in [0.25, 0.3) is 0 Å². The number of rotatable bonds is 8. The van der Waals surface area contributed by atoms with Gasteiger partial charge < -0.3 is 5.32 Å². The largest absolute Gasteiger partial charge is 0.318 e. The summed E-state index contributed by atoms with van der Waals surface area (Å²) in [5.74, 6) is 0. The van der Waals surface area contributed by atoms with Crippen LogP contribution < -0.4 is 10.0 Å². The molecule has 0 amide bonds. The van der Waals surface area contributed by atoms with E-state index >= 15 is 0 Å². The number of hydrogen-bond donors (Lipinski definition) is 2. The van der Waals surface area contributed by atoms with Crippen molar-refractivity contribution < 1.29 is 8.42 Å². The van der Waals surface area contributed by atoms with Gasteiger partial charge in [-0.3, -0.25) is 4.68 Å². The molecule has 0 saturated heterocycles. The van der Waals surface area contributed by atoms with Gasteiger partial charge >= 0.3 is 0 Å². The molecule has 0 aliphatic heterocycles. The predicted octanol–water partition coefficient (Wildman–Crippen LogP) is 0.961. The Balaban J connectivity index is 1.97. The molecule has 1 fully saturated rings. The summed E-state index contributed by atoms with van der Waals surface area (Å²) in [5, 5.41) is 7.08. The van der Waals surface area contributed by atoms with E-state index in [0.29, 0.717) is 13.1 Å². The van der Waals surface area contributed by atoms with Crippen molar-refractivity contribution in [2.75, 3.05) is 20.1 Å². The van der Waals surface area contributed by atoms with Crippen molar-refractivity contribution in [2.45, 2.75) is 44.0 Å². The monoisotopic (exact) mass is 300 g/mol. The van der Waals surface area contributed by atoms with Gasteiger partial charge in [-0.25, -0.2) is 13.1 Å². The highest BCUT2D eigenvalue weighted by Crippen LogP contribution is 2.43. The van der Waals surface area contributed by atoms with Gasteiger partial charge in [-0.1, -0.05) is 13.3 Å². The molecule has 1 aromatic rings. The lowest BCUT2D eigenvalue weighted by atomic mass is 9.67. The van der Waals surface area contributed by atoms with E-state index < -0.39 is 10.0 Å². The van der Waals surface area contributed by atoms with Crippen LogP contribution in [0.5, 0.6) is 0 Å². The Hall–Kier alpha value is -0.920. The van der Waals surface area contributed by atoms with Crippen LogP contribution in [0.25, 0.3) is 0 Å². The van der Waals surface area contributed by atoms with Crippen LogP contribution in [0.2, 0.25) is 0 Å². The Morgan fingerprint density at radius 1 is 1.45 bits per heavy atom. The van der Waals surface area contributed by atoms with Gasteiger partial charge in [-0.15, -0.1) is 0 Å². The quantitative estimate of drug-likeness (QED) is 0.750. The zero-order chi connectivity index (χ0) is 14.6. The highest BCUT2D eigenvalue weighted by Gasteiger charge is 2.36. The first-order valence-electron chi connectivity index (χ1n) is 7.18. The lowest BCUT2D eigenvalue weighted by molar-refractivity contribution is 0.133. The predicted molar refractivity (Wildman–Crippen MR) is 77.9 cm³/mol. The van der Waals surface area contributed by atoms with E-state index in [9.17, 15) is 8.42 Å². The highest BCUT2D eigenvalue weighted by molar-refractivity contribution is 7.89. The molecule has 2 rings (SSSR count). The molecule has 2 N–H and O–H groups in total. The Labute approximate surface area is 121 Å². The first-order valence-corrected chi connectivity index (χ1v) is 8.66. The minimum Gasteiger partial charge on any atom is -0.318 e. The van der Waals surface area contributed by atoms with Crippen LogP contribution in [0.4, 0.5) is 0 Å². The van der Waals surface area contributed by atoms with Crippen LogP contribution in [-0.4, -0.2) is 38.3 Å². The number of aromatic nitrogens is 2. The summed E-state index contributed by atoms with van der Waals surface area (Å²) in [4.78, 5) is 0.249. The Bertz CT molecular complexity index is 529. The molecule has 0 spiro atoms. The summed E-state index contributed by atoms with van der Waals surface area (Å²) in [7, 11) is -1.59. The molecule has 0 unspecified atom stereocenters. The first-order chi connectivity index (χ1) is 9.51. The minimum absolute atomic E-state index is 0.176. The van der Waals surface area contributed by atoms with Crippen molar-refractivity contribution in [3.8, 4) is 0 Å². The van der Waals surface area contributed by atoms with Gasteiger partial charge in [0, 0.05) is 19.3 Å². The van der Waals surface area contributed by atoms with E-state index in [4.69, 9.17) is 0 Å². The number of sulfonamides is 1. The van der Waals surface area contributed by atoms with E-state index in [0.717, 1.165) is 25.8 Å². The average Bonchev–Trinajstić information content (AvgIpc) is 2.85. The zero-order valence-corrected chi connectivity index (χ0v) is 13.0. The van der Waals surface area contributed by atoms with Gasteiger partial charge in [-0.05, 0) is 31.7 Å². The van der Waals surface area contributed by atoms with E-state index in [2.05, 4.69) is 22.1 Å². The topological polar surface area (TPSA) is 76.0 Å². The van der Waals surface area contributed by atoms with Crippen LogP contribution in [0, 0.1) is 5.41 Å². The highest BCUT2D eigenvalue weighted by atomic mass is 32.2. The molecule has 1 aromatic heterocycles. The Morgan fingerprint density at radius 2 is 2.20 bits per heavy atom. The van der Waals surface area contributed by atoms with Crippen LogP contribution in [0.1, 0.15) is 32.6 Å². The molecule has 0 radical (unpaired) electrons. The second-order valence-electron chi connectivity index (χ2n) is 5.57. The fraction of sp³-hybridized carbons (Fsp3) is 0.769. The average molecular weight is 300 g/mol. The molecule has 114 valence electrons. The maximum absolute atomic E-state index is 12.2. The number of nitrogens with zero attached hydrogens (tertiary/aromatic N) is 2. The second-order valence-corrected chi connectivity index (χ2v) is 7.34. The van der Waals surface area contributed by atoms with E-state index in [1.165, 1.54) is 12.6 Å². The molecule has 0 aromatic carbocycles. The number of hydrogen-bond acceptors (Lipinski definition) is 4. The van der Waals surface area contributed by atoms with Crippen molar-refractivity contribution in [3.63, 3.8) is 0 Å². The normalized spacial score (nSPS) is 17.9. The van der Waals surface area contributed by atoms with Crippen molar-refractivity contribution in [2.24, 2.45) is 5.41 Å². The van der Waals surface area contributed by atoms with E-state index in [-0.39, 0.29) is 10.3 Å². The van der Waals surface area contributed by atoms with Gasteiger partial charge in [0.05, 0.1) is 12.7 Å². The molecule has 6 nitrogen and oxygen atoms in total. The third kappa shape index (κ3) is 3.39. The van der Waals surface area contributed by atoms with E-state index in [1.807, 2.05) is 7.05 Å². The molecule has 1 saturated carbocycles. The zero-order valence-electron chi connectivity index (χ0n) is 12.2. The summed E-state index contributed by atoms with van der Waals surface area (Å²) in [6.45, 7) is 4.08. The van der Waals surface area contributed by atoms with Crippen molar-refractivity contribution in [1.82, 2.24) is 19.8 Å². The first kappa shape index (κ1) is 15.5. The molecular weight excluding hydrogens is 276 g/mol. The summed E-state index contributed by atoms with van der Waals surface area (Å²) in [6.07, 6.45) is 7.46. The summed E-state index contributed by atoms with van der Waals surface area (Å²) in [5.41, 5.74) is 0.176. The van der Waals surface area contributed by atoms with Crippen molar-refractivity contribution >= 4 is 10.0 Å². The van der Waals surface area contributed by atoms with Crippen LogP contribution in [0.3, 0.4) is 0 Å². The molecule has 1 heterocycles. The Kier molecular flexibility index (Phi) is 4.82. The standard InChI is InChI=1S/C13H24N4O2S/c1-3-13(5-4-6-13)11-16-20(18,19)12-9-15-17(10-12)8-7-14-2/h9-10,14,16H,3-8,11H2,1-2H3. The third-order valence-corrected chi connectivity index (χ3v) is 5.67. The SMILES string of the molecule is CCC1(CNS(=O)(=O)c2cnn(CCNC)c2)CCC1. The lowest BCUT2D eigenvalue weighted by Gasteiger charge is -2.41. The molecule has 0 atom stereocenters. The van der Waals surface area contributed by atoms with Crippen molar-refractivity contribution in [1.29, 1.82) is 0 Å². The van der Waals surface area contributed by atoms with Gasteiger partial charge in [0.15, 0.2) is 0 Å². The van der Waals surface area contributed by atoms with Crippen LogP contribution in [-0.2, 0) is 16.6 Å². The van der Waals surface area contributed by atoms with Crippen LogP contribution >= 0.6 is 0 Å². The number of likely N-dealkylation sites (N-methyl/N-ethyl adjacent to an activating group) is 1. The summed E-state index contributed by atoms with van der Waals surface area (Å²) >= 11 is 0. The smallest absolute Gasteiger partial charge is 0.243 e. The number of nitrogens with one attached hydrogen (secondary N) is 2.